The molecule has 3 aromatic rings. The van der Waals surface area contributed by atoms with Crippen LogP contribution < -0.4 is 5.30 Å². The van der Waals surface area contributed by atoms with Crippen molar-refractivity contribution in [2.24, 2.45) is 0 Å². The Hall–Kier alpha value is -3.19. The summed E-state index contributed by atoms with van der Waals surface area (Å²) in [4.78, 5) is 26.0. The molecule has 0 saturated heterocycles. The van der Waals surface area contributed by atoms with Gasteiger partial charge in [-0.25, -0.2) is 0 Å². The molecule has 1 unspecified atom stereocenters. The molecule has 35 heavy (non-hydrogen) atoms. The molecule has 0 spiro atoms. The minimum atomic E-state index is -5.51. The number of ketones is 1. The molecule has 3 rings (SSSR count). The van der Waals surface area contributed by atoms with Crippen LogP contribution in [0.15, 0.2) is 54.6 Å². The first-order valence-corrected chi connectivity index (χ1v) is 11.6. The fourth-order valence-electron chi connectivity index (χ4n) is 4.07. The molecule has 184 valence electrons. The molecule has 0 aliphatic heterocycles. The van der Waals surface area contributed by atoms with Crippen molar-refractivity contribution in [2.75, 3.05) is 0 Å². The van der Waals surface area contributed by atoms with E-state index >= 15 is 0 Å². The van der Waals surface area contributed by atoms with Gasteiger partial charge in [0.05, 0.1) is 11.1 Å². The van der Waals surface area contributed by atoms with Crippen LogP contribution in [0.3, 0.4) is 0 Å². The summed E-state index contributed by atoms with van der Waals surface area (Å²) < 4.78 is 97.5. The van der Waals surface area contributed by atoms with Crippen LogP contribution in [0.5, 0.6) is 0 Å². The molecule has 0 saturated carbocycles. The molecule has 10 heteroatoms. The van der Waals surface area contributed by atoms with Gasteiger partial charge < -0.3 is 4.57 Å². The van der Waals surface area contributed by atoms with Gasteiger partial charge in [0.25, 0.3) is 0 Å². The van der Waals surface area contributed by atoms with E-state index in [0.29, 0.717) is 11.6 Å². The molecule has 0 aromatic heterocycles. The zero-order chi connectivity index (χ0) is 26.3. The van der Waals surface area contributed by atoms with Crippen LogP contribution >= 0.6 is 7.80 Å². The van der Waals surface area contributed by atoms with E-state index in [2.05, 4.69) is 0 Å². The average molecular weight is 512 g/mol. The van der Waals surface area contributed by atoms with Gasteiger partial charge >= 0.3 is 12.4 Å². The number of aryl methyl sites for hydroxylation is 3. The van der Waals surface area contributed by atoms with Crippen LogP contribution in [-0.4, -0.2) is 11.3 Å². The second kappa shape index (κ2) is 9.46. The summed E-state index contributed by atoms with van der Waals surface area (Å²) in [6.45, 7) is 4.60. The van der Waals surface area contributed by atoms with Crippen LogP contribution in [0.2, 0.25) is 0 Å². The topological polar surface area (TPSA) is 51.2 Å². The Morgan fingerprint density at radius 1 is 0.771 bits per heavy atom. The van der Waals surface area contributed by atoms with Crippen molar-refractivity contribution in [1.82, 2.24) is 0 Å². The van der Waals surface area contributed by atoms with Crippen molar-refractivity contribution >= 4 is 24.4 Å². The summed E-state index contributed by atoms with van der Waals surface area (Å²) in [6, 6.07) is 10.4. The largest absolute Gasteiger partial charge is 0.417 e. The zero-order valence-corrected chi connectivity index (χ0v) is 19.7. The summed E-state index contributed by atoms with van der Waals surface area (Å²) in [7, 11) is -4.40. The van der Waals surface area contributed by atoms with E-state index < -0.39 is 53.5 Å². The molecule has 0 aliphatic carbocycles. The number of halogens is 6. The van der Waals surface area contributed by atoms with E-state index in [4.69, 9.17) is 0 Å². The quantitative estimate of drug-likeness (QED) is 0.212. The van der Waals surface area contributed by atoms with Gasteiger partial charge in [-0.1, -0.05) is 48.0 Å². The van der Waals surface area contributed by atoms with Crippen LogP contribution in [0.1, 0.15) is 54.1 Å². The van der Waals surface area contributed by atoms with Gasteiger partial charge in [-0.3, -0.25) is 9.59 Å². The number of carbonyl (C=O) groups is 2. The Balaban J connectivity index is 2.36. The highest BCUT2D eigenvalue weighted by molar-refractivity contribution is 7.71. The molecular weight excluding hydrogens is 493 g/mol. The molecule has 0 radical (unpaired) electrons. The normalized spacial score (nSPS) is 12.9. The fourth-order valence-corrected chi connectivity index (χ4v) is 5.89. The number of alkyl halides is 6. The smallest absolute Gasteiger partial charge is 0.313 e. The van der Waals surface area contributed by atoms with Crippen molar-refractivity contribution < 1.29 is 40.5 Å². The second-order valence-corrected chi connectivity index (χ2v) is 9.65. The van der Waals surface area contributed by atoms with Crippen LogP contribution in [0.25, 0.3) is 0 Å². The average Bonchev–Trinajstić information content (AvgIpc) is 2.75. The van der Waals surface area contributed by atoms with Crippen LogP contribution in [0, 0.1) is 20.8 Å². The first-order valence-electron chi connectivity index (χ1n) is 10.2. The van der Waals surface area contributed by atoms with Crippen molar-refractivity contribution in [3.05, 3.63) is 99.1 Å². The lowest BCUT2D eigenvalue weighted by molar-refractivity contribution is -0.141. The van der Waals surface area contributed by atoms with Gasteiger partial charge in [0, 0.05) is 22.0 Å². The minimum absolute atomic E-state index is 0.208. The van der Waals surface area contributed by atoms with Crippen molar-refractivity contribution in [1.29, 1.82) is 0 Å². The summed E-state index contributed by atoms with van der Waals surface area (Å²) in [5.74, 6) is -1.21. The van der Waals surface area contributed by atoms with Crippen molar-refractivity contribution in [2.45, 2.75) is 33.1 Å². The fraction of sp³-hybridized carbons (Fsp3) is 0.200. The Bertz CT molecular complexity index is 1320. The maximum Gasteiger partial charge on any atom is 0.417 e. The molecule has 0 bridgehead atoms. The number of hydrogen-bond acceptors (Lipinski definition) is 3. The van der Waals surface area contributed by atoms with Crippen LogP contribution in [-0.2, 0) is 16.9 Å². The van der Waals surface area contributed by atoms with E-state index in [1.165, 1.54) is 56.3 Å². The Morgan fingerprint density at radius 2 is 1.31 bits per heavy atom. The predicted octanol–water partition coefficient (Wildman–Crippen LogP) is 6.91. The molecule has 0 heterocycles. The van der Waals surface area contributed by atoms with Gasteiger partial charge in [-0.05, 0) is 44.0 Å². The lowest BCUT2D eigenvalue weighted by Crippen LogP contribution is -2.30. The molecule has 3 aromatic carbocycles. The summed E-state index contributed by atoms with van der Waals surface area (Å²) in [5, 5.41) is -1.71. The van der Waals surface area contributed by atoms with E-state index in [9.17, 15) is 40.5 Å². The standard InChI is InChI=1S/C25H19F6O3P/c1-13-11-14(2)19(15(3)12-13)23(33)35(34)22-18(24(26,27)28)10-9-17(20(22)25(29,30)31)21(32)16-7-5-4-6-8-16/h4-12,35H,1-3H3. The Kier molecular flexibility index (Phi) is 7.14. The molecule has 1 atom stereocenters. The van der Waals surface area contributed by atoms with Gasteiger partial charge in [0.15, 0.2) is 13.6 Å². The number of carbonyl (C=O) groups excluding carboxylic acids is 2. The summed E-state index contributed by atoms with van der Waals surface area (Å²) >= 11 is 0. The molecular formula is C25H19F6O3P. The van der Waals surface area contributed by atoms with Gasteiger partial charge in [-0.2, -0.15) is 26.3 Å². The molecule has 3 nitrogen and oxygen atoms in total. The summed E-state index contributed by atoms with van der Waals surface area (Å²) in [5.41, 5.74) is -5.51. The van der Waals surface area contributed by atoms with E-state index in [0.717, 1.165) is 0 Å². The van der Waals surface area contributed by atoms with Crippen molar-refractivity contribution in [3.8, 4) is 0 Å². The first-order chi connectivity index (χ1) is 16.1. The van der Waals surface area contributed by atoms with Gasteiger partial charge in [-0.15, -0.1) is 0 Å². The van der Waals surface area contributed by atoms with Crippen molar-refractivity contribution in [3.63, 3.8) is 0 Å². The third-order valence-corrected chi connectivity index (χ3v) is 7.05. The zero-order valence-electron chi connectivity index (χ0n) is 18.7. The molecule has 0 fully saturated rings. The minimum Gasteiger partial charge on any atom is -0.313 e. The van der Waals surface area contributed by atoms with Gasteiger partial charge in [0.1, 0.15) is 0 Å². The lowest BCUT2D eigenvalue weighted by atomic mass is 9.95. The van der Waals surface area contributed by atoms with Gasteiger partial charge in [0.2, 0.25) is 5.52 Å². The maximum absolute atomic E-state index is 14.2. The number of rotatable bonds is 5. The highest BCUT2D eigenvalue weighted by Crippen LogP contribution is 2.43. The number of benzene rings is 3. The highest BCUT2D eigenvalue weighted by atomic mass is 31.1. The maximum atomic E-state index is 14.2. The highest BCUT2D eigenvalue weighted by Gasteiger charge is 2.46. The molecule has 0 aliphatic rings. The Labute approximate surface area is 197 Å². The van der Waals surface area contributed by atoms with E-state index in [1.54, 1.807) is 6.92 Å². The lowest BCUT2D eigenvalue weighted by Gasteiger charge is -2.21. The third kappa shape index (κ3) is 5.25. The summed E-state index contributed by atoms with van der Waals surface area (Å²) in [6.07, 6.45) is -10.9. The first kappa shape index (κ1) is 26.4. The number of hydrogen-bond donors (Lipinski definition) is 0. The predicted molar refractivity (Wildman–Crippen MR) is 120 cm³/mol. The molecule has 0 N–H and O–H groups in total. The van der Waals surface area contributed by atoms with E-state index in [-0.39, 0.29) is 28.3 Å². The van der Waals surface area contributed by atoms with Crippen LogP contribution in [0.4, 0.5) is 26.3 Å². The second-order valence-electron chi connectivity index (χ2n) is 8.03. The Morgan fingerprint density at radius 3 is 1.80 bits per heavy atom. The van der Waals surface area contributed by atoms with E-state index in [1.807, 2.05) is 0 Å². The third-order valence-electron chi connectivity index (χ3n) is 5.41. The molecule has 0 amide bonds. The monoisotopic (exact) mass is 512 g/mol. The SMILES string of the molecule is Cc1cc(C)c(C(=O)[PH](=O)c2c(C(F)(F)F)ccc(C(=O)c3ccccc3)c2C(F)(F)F)c(C)c1.